The third-order valence-electron chi connectivity index (χ3n) is 5.47. The van der Waals surface area contributed by atoms with Crippen molar-refractivity contribution in [3.8, 4) is 0 Å². The molecule has 0 bridgehead atoms. The zero-order valence-corrected chi connectivity index (χ0v) is 16.6. The van der Waals surface area contributed by atoms with Crippen LogP contribution < -0.4 is 5.32 Å². The van der Waals surface area contributed by atoms with Crippen molar-refractivity contribution in [3.63, 3.8) is 0 Å². The number of anilines is 1. The predicted octanol–water partition coefficient (Wildman–Crippen LogP) is 4.66. The van der Waals surface area contributed by atoms with Crippen LogP contribution in [0.4, 0.5) is 5.69 Å². The molecule has 1 N–H and O–H groups in total. The highest BCUT2D eigenvalue weighted by Gasteiger charge is 2.14. The molecular formula is C23H21N5O. The number of nitrogens with zero attached hydrogens (tertiary/aromatic N) is 4. The molecule has 1 amide bonds. The Morgan fingerprint density at radius 2 is 1.83 bits per heavy atom. The lowest BCUT2D eigenvalue weighted by molar-refractivity contribution is 0.102. The summed E-state index contributed by atoms with van der Waals surface area (Å²) in [6, 6.07) is 16.3. The fourth-order valence-electron chi connectivity index (χ4n) is 4.11. The van der Waals surface area contributed by atoms with Crippen molar-refractivity contribution in [3.05, 3.63) is 66.0 Å². The number of amides is 1. The number of rotatable bonds is 3. The number of pyridine rings is 1. The van der Waals surface area contributed by atoms with Gasteiger partial charge in [0.05, 0.1) is 11.3 Å². The highest BCUT2D eigenvalue weighted by atomic mass is 16.1. The van der Waals surface area contributed by atoms with Crippen molar-refractivity contribution >= 4 is 44.4 Å². The van der Waals surface area contributed by atoms with Crippen molar-refractivity contribution in [1.82, 2.24) is 19.3 Å². The monoisotopic (exact) mass is 383 g/mol. The van der Waals surface area contributed by atoms with Crippen LogP contribution in [0.2, 0.25) is 0 Å². The first-order chi connectivity index (χ1) is 14.1. The van der Waals surface area contributed by atoms with Gasteiger partial charge in [-0.05, 0) is 44.2 Å². The smallest absolute Gasteiger partial charge is 0.257 e. The normalized spacial score (nSPS) is 11.6. The maximum Gasteiger partial charge on any atom is 0.257 e. The molecule has 0 radical (unpaired) electrons. The number of hydrogen-bond donors (Lipinski definition) is 1. The summed E-state index contributed by atoms with van der Waals surface area (Å²) in [5.41, 5.74) is 5.29. The van der Waals surface area contributed by atoms with E-state index in [0.717, 1.165) is 34.3 Å². The second kappa shape index (κ2) is 6.44. The maximum absolute atomic E-state index is 12.9. The topological polar surface area (TPSA) is 64.7 Å². The molecule has 144 valence electrons. The van der Waals surface area contributed by atoms with E-state index in [1.54, 1.807) is 10.9 Å². The summed E-state index contributed by atoms with van der Waals surface area (Å²) < 4.78 is 4.02. The Balaban J connectivity index is 1.54. The second-order valence-electron chi connectivity index (χ2n) is 7.25. The number of carbonyl (C=O) groups is 1. The fourth-order valence-corrected chi connectivity index (χ4v) is 4.11. The number of aryl methyl sites for hydroxylation is 3. The highest BCUT2D eigenvalue weighted by Crippen LogP contribution is 2.31. The lowest BCUT2D eigenvalue weighted by Crippen LogP contribution is -2.12. The summed E-state index contributed by atoms with van der Waals surface area (Å²) in [5.74, 6) is -0.179. The summed E-state index contributed by atoms with van der Waals surface area (Å²) in [5, 5.41) is 10.6. The first-order valence-electron chi connectivity index (χ1n) is 9.68. The van der Waals surface area contributed by atoms with E-state index in [2.05, 4.69) is 51.2 Å². The average Bonchev–Trinajstić information content (AvgIpc) is 3.21. The van der Waals surface area contributed by atoms with Crippen LogP contribution in [0.25, 0.3) is 32.8 Å². The van der Waals surface area contributed by atoms with E-state index in [4.69, 9.17) is 0 Å². The standard InChI is InChI=1S/C23H21N5O/c1-4-28-20-8-6-5-7-17(20)19-12-16(9-10-21(19)28)25-23(29)15-11-18-14(2)26-27(3)22(18)24-13-15/h5-13H,4H2,1-3H3,(H,25,29). The van der Waals surface area contributed by atoms with E-state index in [-0.39, 0.29) is 5.91 Å². The molecule has 0 aliphatic heterocycles. The van der Waals surface area contributed by atoms with Crippen LogP contribution >= 0.6 is 0 Å². The van der Waals surface area contributed by atoms with E-state index in [0.29, 0.717) is 5.56 Å². The molecule has 0 spiro atoms. The molecule has 6 nitrogen and oxygen atoms in total. The van der Waals surface area contributed by atoms with Gasteiger partial charge >= 0.3 is 0 Å². The Kier molecular flexibility index (Phi) is 3.87. The molecule has 6 heteroatoms. The van der Waals surface area contributed by atoms with Crippen molar-refractivity contribution in [2.24, 2.45) is 7.05 Å². The zero-order chi connectivity index (χ0) is 20.1. The van der Waals surface area contributed by atoms with Gasteiger partial charge in [0, 0.05) is 52.7 Å². The molecule has 5 aromatic rings. The van der Waals surface area contributed by atoms with Gasteiger partial charge in [-0.3, -0.25) is 9.48 Å². The molecule has 0 unspecified atom stereocenters. The molecule has 0 aliphatic rings. The van der Waals surface area contributed by atoms with E-state index in [9.17, 15) is 4.79 Å². The largest absolute Gasteiger partial charge is 0.341 e. The minimum atomic E-state index is -0.179. The molecule has 0 saturated heterocycles. The minimum absolute atomic E-state index is 0.179. The van der Waals surface area contributed by atoms with Gasteiger partial charge in [0.1, 0.15) is 0 Å². The summed E-state index contributed by atoms with van der Waals surface area (Å²) >= 11 is 0. The van der Waals surface area contributed by atoms with Gasteiger partial charge in [0.15, 0.2) is 5.65 Å². The van der Waals surface area contributed by atoms with E-state index in [1.165, 1.54) is 16.4 Å². The van der Waals surface area contributed by atoms with Gasteiger partial charge in [-0.25, -0.2) is 4.98 Å². The lowest BCUT2D eigenvalue weighted by atomic mass is 10.1. The molecule has 0 atom stereocenters. The van der Waals surface area contributed by atoms with Crippen molar-refractivity contribution in [1.29, 1.82) is 0 Å². The fraction of sp³-hybridized carbons (Fsp3) is 0.174. The van der Waals surface area contributed by atoms with E-state index < -0.39 is 0 Å². The van der Waals surface area contributed by atoms with Crippen LogP contribution in [0.5, 0.6) is 0 Å². The van der Waals surface area contributed by atoms with Gasteiger partial charge in [-0.15, -0.1) is 0 Å². The Hall–Kier alpha value is -3.67. The van der Waals surface area contributed by atoms with Crippen LogP contribution in [0.15, 0.2) is 54.7 Å². The summed E-state index contributed by atoms with van der Waals surface area (Å²) in [7, 11) is 1.85. The SMILES string of the molecule is CCn1c2ccccc2c2cc(NC(=O)c3cnc4c(c3)c(C)nn4C)ccc21. The maximum atomic E-state index is 12.9. The van der Waals surface area contributed by atoms with Gasteiger partial charge in [-0.1, -0.05) is 18.2 Å². The Morgan fingerprint density at radius 3 is 2.66 bits per heavy atom. The zero-order valence-electron chi connectivity index (χ0n) is 16.6. The Morgan fingerprint density at radius 1 is 1.03 bits per heavy atom. The first kappa shape index (κ1) is 17.4. The van der Waals surface area contributed by atoms with E-state index >= 15 is 0 Å². The number of hydrogen-bond acceptors (Lipinski definition) is 3. The number of nitrogens with one attached hydrogen (secondary N) is 1. The van der Waals surface area contributed by atoms with Gasteiger partial charge < -0.3 is 9.88 Å². The highest BCUT2D eigenvalue weighted by molar-refractivity contribution is 6.11. The van der Waals surface area contributed by atoms with Crippen LogP contribution in [-0.4, -0.2) is 25.2 Å². The van der Waals surface area contributed by atoms with Gasteiger partial charge in [0.2, 0.25) is 0 Å². The molecule has 29 heavy (non-hydrogen) atoms. The van der Waals surface area contributed by atoms with Crippen molar-refractivity contribution in [2.45, 2.75) is 20.4 Å². The lowest BCUT2D eigenvalue weighted by Gasteiger charge is -2.07. The first-order valence-corrected chi connectivity index (χ1v) is 9.68. The Bertz CT molecular complexity index is 1410. The van der Waals surface area contributed by atoms with Crippen LogP contribution in [0, 0.1) is 6.92 Å². The van der Waals surface area contributed by atoms with Gasteiger partial charge in [0.25, 0.3) is 5.91 Å². The molecule has 0 saturated carbocycles. The Labute approximate surface area is 167 Å². The third-order valence-corrected chi connectivity index (χ3v) is 5.47. The van der Waals surface area contributed by atoms with E-state index in [1.807, 2.05) is 38.2 Å². The average molecular weight is 383 g/mol. The molecule has 3 heterocycles. The molecule has 2 aromatic carbocycles. The molecular weight excluding hydrogens is 362 g/mol. The molecule has 5 rings (SSSR count). The predicted molar refractivity (Wildman–Crippen MR) is 116 cm³/mol. The minimum Gasteiger partial charge on any atom is -0.341 e. The van der Waals surface area contributed by atoms with Crippen LogP contribution in [0.1, 0.15) is 23.0 Å². The summed E-state index contributed by atoms with van der Waals surface area (Å²) in [6.45, 7) is 4.96. The summed E-state index contributed by atoms with van der Waals surface area (Å²) in [6.07, 6.45) is 1.60. The van der Waals surface area contributed by atoms with Crippen molar-refractivity contribution < 1.29 is 4.79 Å². The number of para-hydroxylation sites is 1. The van der Waals surface area contributed by atoms with Crippen LogP contribution in [-0.2, 0) is 13.6 Å². The molecule has 0 fully saturated rings. The number of aromatic nitrogens is 4. The number of carbonyl (C=O) groups excluding carboxylic acids is 1. The number of fused-ring (bicyclic) bond motifs is 4. The van der Waals surface area contributed by atoms with Crippen LogP contribution in [0.3, 0.4) is 0 Å². The third kappa shape index (κ3) is 2.68. The molecule has 3 aromatic heterocycles. The second-order valence-corrected chi connectivity index (χ2v) is 7.25. The van der Waals surface area contributed by atoms with Crippen molar-refractivity contribution in [2.75, 3.05) is 5.32 Å². The van der Waals surface area contributed by atoms with Gasteiger partial charge in [-0.2, -0.15) is 5.10 Å². The number of benzene rings is 2. The quantitative estimate of drug-likeness (QED) is 0.493. The molecule has 0 aliphatic carbocycles. The summed E-state index contributed by atoms with van der Waals surface area (Å²) in [4.78, 5) is 17.3.